The Morgan fingerprint density at radius 1 is 1.07 bits per heavy atom. The van der Waals surface area contributed by atoms with Crippen molar-refractivity contribution in [1.29, 1.82) is 0 Å². The molecular weight excluding hydrogens is 340 g/mol. The number of aliphatic carboxylic acids is 1. The van der Waals surface area contributed by atoms with Crippen LogP contribution in [-0.2, 0) is 20.5 Å². The van der Waals surface area contributed by atoms with Crippen LogP contribution in [0.5, 0.6) is 5.75 Å². The number of hydrogen-bond acceptors (Lipinski definition) is 3. The van der Waals surface area contributed by atoms with Crippen molar-refractivity contribution in [2.75, 3.05) is 6.61 Å². The zero-order valence-corrected chi connectivity index (χ0v) is 16.5. The van der Waals surface area contributed by atoms with Gasteiger partial charge in [0.05, 0.1) is 12.2 Å². The quantitative estimate of drug-likeness (QED) is 0.750. The number of rotatable bonds is 3. The molecule has 3 rings (SSSR count). The Morgan fingerprint density at radius 2 is 1.78 bits per heavy atom. The molecule has 0 radical (unpaired) electrons. The Labute approximate surface area is 160 Å². The Bertz CT molecular complexity index is 936. The molecule has 4 nitrogen and oxygen atoms in total. The molecule has 0 fully saturated rings. The molecule has 0 aliphatic carbocycles. The third kappa shape index (κ3) is 3.62. The number of hydrogen-bond donors (Lipinski definition) is 2. The third-order valence-electron chi connectivity index (χ3n) is 5.27. The number of carboxylic acid groups (broad SMARTS) is 1. The van der Waals surface area contributed by atoms with Gasteiger partial charge in [0.1, 0.15) is 5.75 Å². The van der Waals surface area contributed by atoms with Crippen molar-refractivity contribution in [3.8, 4) is 16.9 Å². The highest BCUT2D eigenvalue weighted by Crippen LogP contribution is 2.44. The van der Waals surface area contributed by atoms with Crippen LogP contribution in [0, 0.1) is 6.92 Å². The van der Waals surface area contributed by atoms with E-state index in [9.17, 15) is 9.90 Å². The van der Waals surface area contributed by atoms with Crippen LogP contribution in [0.1, 0.15) is 49.9 Å². The van der Waals surface area contributed by atoms with Gasteiger partial charge < -0.3 is 14.9 Å². The summed E-state index contributed by atoms with van der Waals surface area (Å²) in [5.41, 5.74) is 5.30. The van der Waals surface area contributed by atoms with E-state index in [2.05, 4.69) is 39.8 Å². The number of aryl methyl sites for hydroxylation is 1. The number of phenolic OH excluding ortho intramolecular Hbond substituents is 1. The fraction of sp³-hybridized carbons (Fsp3) is 0.348. The minimum Gasteiger partial charge on any atom is -0.507 e. The lowest BCUT2D eigenvalue weighted by Gasteiger charge is -2.42. The fourth-order valence-electron chi connectivity index (χ4n) is 3.61. The second-order valence-electron chi connectivity index (χ2n) is 8.34. The van der Waals surface area contributed by atoms with Crippen molar-refractivity contribution < 1.29 is 19.7 Å². The van der Waals surface area contributed by atoms with Crippen LogP contribution in [0.25, 0.3) is 17.2 Å². The van der Waals surface area contributed by atoms with Crippen molar-refractivity contribution in [3.05, 3.63) is 58.7 Å². The van der Waals surface area contributed by atoms with E-state index in [0.717, 1.165) is 22.8 Å². The summed E-state index contributed by atoms with van der Waals surface area (Å²) < 4.78 is 6.09. The standard InChI is InChI=1S/C23H26O4/c1-14-10-19-18(22(2,3)13-27-23(19,4)5)12-16(14)17-11-15(6-8-20(17)24)7-9-21(25)26/h6-12,24H,13H2,1-5H3,(H,25,26)/b9-7+. The SMILES string of the molecule is Cc1cc2c(cc1-c1cc(/C=C/C(=O)O)ccc1O)C(C)(C)COC2(C)C. The van der Waals surface area contributed by atoms with Crippen molar-refractivity contribution in [2.45, 2.75) is 45.6 Å². The van der Waals surface area contributed by atoms with Gasteiger partial charge in [0.25, 0.3) is 0 Å². The zero-order chi connectivity index (χ0) is 20.0. The van der Waals surface area contributed by atoms with Crippen molar-refractivity contribution in [1.82, 2.24) is 0 Å². The number of carboxylic acids is 1. The van der Waals surface area contributed by atoms with Gasteiger partial charge in [-0.1, -0.05) is 26.0 Å². The van der Waals surface area contributed by atoms with Gasteiger partial charge in [-0.2, -0.15) is 0 Å². The highest BCUT2D eigenvalue weighted by Gasteiger charge is 2.38. The van der Waals surface area contributed by atoms with Gasteiger partial charge in [-0.05, 0) is 72.9 Å². The molecule has 0 saturated carbocycles. The average Bonchev–Trinajstić information content (AvgIpc) is 2.58. The second-order valence-corrected chi connectivity index (χ2v) is 8.34. The van der Waals surface area contributed by atoms with Crippen LogP contribution in [0.3, 0.4) is 0 Å². The minimum absolute atomic E-state index is 0.135. The number of fused-ring (bicyclic) bond motifs is 1. The van der Waals surface area contributed by atoms with Crippen LogP contribution in [0.2, 0.25) is 0 Å². The maximum absolute atomic E-state index is 10.8. The number of phenols is 1. The van der Waals surface area contributed by atoms with E-state index in [1.54, 1.807) is 12.1 Å². The molecule has 1 aliphatic rings. The van der Waals surface area contributed by atoms with E-state index < -0.39 is 5.97 Å². The highest BCUT2D eigenvalue weighted by molar-refractivity contribution is 5.86. The van der Waals surface area contributed by atoms with Crippen LogP contribution >= 0.6 is 0 Å². The Hall–Kier alpha value is -2.59. The lowest BCUT2D eigenvalue weighted by atomic mass is 9.73. The lowest BCUT2D eigenvalue weighted by molar-refractivity contribution is -0.131. The summed E-state index contributed by atoms with van der Waals surface area (Å²) >= 11 is 0. The van der Waals surface area contributed by atoms with E-state index in [1.165, 1.54) is 17.2 Å². The summed E-state index contributed by atoms with van der Waals surface area (Å²) in [6.07, 6.45) is 2.62. The van der Waals surface area contributed by atoms with Crippen molar-refractivity contribution in [2.24, 2.45) is 0 Å². The molecule has 4 heteroatoms. The topological polar surface area (TPSA) is 66.8 Å². The van der Waals surface area contributed by atoms with E-state index in [-0.39, 0.29) is 16.8 Å². The first kappa shape index (κ1) is 19.2. The average molecular weight is 366 g/mol. The smallest absolute Gasteiger partial charge is 0.328 e. The summed E-state index contributed by atoms with van der Waals surface area (Å²) in [7, 11) is 0. The van der Waals surface area contributed by atoms with Gasteiger partial charge >= 0.3 is 5.97 Å². The molecule has 1 heterocycles. The van der Waals surface area contributed by atoms with Gasteiger partial charge in [0.2, 0.25) is 0 Å². The van der Waals surface area contributed by atoms with Crippen molar-refractivity contribution >= 4 is 12.0 Å². The highest BCUT2D eigenvalue weighted by atomic mass is 16.5. The Kier molecular flexibility index (Phi) is 4.64. The number of carbonyl (C=O) groups is 1. The first-order chi connectivity index (χ1) is 12.5. The maximum Gasteiger partial charge on any atom is 0.328 e. The van der Waals surface area contributed by atoms with Gasteiger partial charge in [-0.15, -0.1) is 0 Å². The van der Waals surface area contributed by atoms with Gasteiger partial charge in [-0.25, -0.2) is 4.79 Å². The predicted octanol–water partition coefficient (Wildman–Crippen LogP) is 5.01. The minimum atomic E-state index is -1.00. The molecule has 0 bridgehead atoms. The summed E-state index contributed by atoms with van der Waals surface area (Å²) in [6, 6.07) is 9.42. The molecule has 0 amide bonds. The fourth-order valence-corrected chi connectivity index (χ4v) is 3.61. The summed E-state index contributed by atoms with van der Waals surface area (Å²) in [5, 5.41) is 19.3. The molecule has 2 N–H and O–H groups in total. The molecule has 1 aliphatic heterocycles. The summed E-state index contributed by atoms with van der Waals surface area (Å²) in [4.78, 5) is 10.8. The van der Waals surface area contributed by atoms with E-state index in [4.69, 9.17) is 9.84 Å². The first-order valence-electron chi connectivity index (χ1n) is 9.05. The lowest BCUT2D eigenvalue weighted by Crippen LogP contribution is -2.40. The zero-order valence-electron chi connectivity index (χ0n) is 16.5. The van der Waals surface area contributed by atoms with Gasteiger partial charge in [0, 0.05) is 17.1 Å². The van der Waals surface area contributed by atoms with Gasteiger partial charge in [-0.3, -0.25) is 0 Å². The number of aromatic hydroxyl groups is 1. The van der Waals surface area contributed by atoms with Gasteiger partial charge in [0.15, 0.2) is 0 Å². The molecule has 0 aromatic heterocycles. The molecule has 2 aromatic carbocycles. The van der Waals surface area contributed by atoms with Crippen LogP contribution in [0.4, 0.5) is 0 Å². The molecule has 142 valence electrons. The molecule has 2 aromatic rings. The maximum atomic E-state index is 10.8. The third-order valence-corrected chi connectivity index (χ3v) is 5.27. The van der Waals surface area contributed by atoms with Crippen LogP contribution in [-0.4, -0.2) is 22.8 Å². The molecule has 27 heavy (non-hydrogen) atoms. The number of ether oxygens (including phenoxy) is 1. The molecule has 0 unspecified atom stereocenters. The largest absolute Gasteiger partial charge is 0.507 e. The van der Waals surface area contributed by atoms with Crippen LogP contribution < -0.4 is 0 Å². The van der Waals surface area contributed by atoms with E-state index in [0.29, 0.717) is 12.2 Å². The Morgan fingerprint density at radius 3 is 2.44 bits per heavy atom. The molecule has 0 spiro atoms. The normalized spacial score (nSPS) is 17.7. The molecule has 0 saturated heterocycles. The van der Waals surface area contributed by atoms with E-state index in [1.807, 2.05) is 13.0 Å². The molecular formula is C23H26O4. The predicted molar refractivity (Wildman–Crippen MR) is 107 cm³/mol. The number of benzene rings is 2. The summed E-state index contributed by atoms with van der Waals surface area (Å²) in [6.45, 7) is 11.1. The first-order valence-corrected chi connectivity index (χ1v) is 9.05. The second kappa shape index (κ2) is 6.54. The van der Waals surface area contributed by atoms with Crippen molar-refractivity contribution in [3.63, 3.8) is 0 Å². The monoisotopic (exact) mass is 366 g/mol. The molecule has 0 atom stereocenters. The van der Waals surface area contributed by atoms with Crippen LogP contribution in [0.15, 0.2) is 36.4 Å². The van der Waals surface area contributed by atoms with E-state index >= 15 is 0 Å². The summed E-state index contributed by atoms with van der Waals surface area (Å²) in [5.74, 6) is -0.826. The Balaban J connectivity index is 2.19.